The second kappa shape index (κ2) is 5.13. The van der Waals surface area contributed by atoms with Crippen LogP contribution in [0, 0.1) is 0 Å². The normalized spacial score (nSPS) is 13.2. The number of aliphatic hydroxyl groups is 1. The van der Waals surface area contributed by atoms with Crippen LogP contribution in [0.4, 0.5) is 0 Å². The molecule has 0 amide bonds. The highest BCUT2D eigenvalue weighted by molar-refractivity contribution is 5.25. The van der Waals surface area contributed by atoms with Gasteiger partial charge in [0, 0.05) is 0 Å². The Morgan fingerprint density at radius 2 is 1.79 bits per heavy atom. The quantitative estimate of drug-likeness (QED) is 0.788. The summed E-state index contributed by atoms with van der Waals surface area (Å²) in [5.74, 6) is 0. The van der Waals surface area contributed by atoms with Crippen LogP contribution in [-0.4, -0.2) is 30.7 Å². The molecule has 0 aliphatic rings. The monoisotopic (exact) mass is 193 g/mol. The summed E-state index contributed by atoms with van der Waals surface area (Å²) in [6.45, 7) is 2.31. The summed E-state index contributed by atoms with van der Waals surface area (Å²) in [5, 5.41) is 9.23. The first kappa shape index (κ1) is 11.2. The number of aryl methyl sites for hydroxylation is 1. The zero-order chi connectivity index (χ0) is 10.6. The van der Waals surface area contributed by atoms with Crippen molar-refractivity contribution in [1.29, 1.82) is 0 Å². The fourth-order valence-corrected chi connectivity index (χ4v) is 1.54. The molecule has 1 atom stereocenters. The SMILES string of the molecule is CCc1ccc([C@H](CO)N(C)C)cc1. The van der Waals surface area contributed by atoms with Gasteiger partial charge in [0.05, 0.1) is 12.6 Å². The van der Waals surface area contributed by atoms with Gasteiger partial charge in [0.25, 0.3) is 0 Å². The van der Waals surface area contributed by atoms with Crippen LogP contribution < -0.4 is 0 Å². The van der Waals surface area contributed by atoms with E-state index in [4.69, 9.17) is 0 Å². The lowest BCUT2D eigenvalue weighted by Gasteiger charge is -2.22. The van der Waals surface area contributed by atoms with Gasteiger partial charge in [-0.05, 0) is 31.6 Å². The Morgan fingerprint density at radius 1 is 1.21 bits per heavy atom. The van der Waals surface area contributed by atoms with Crippen molar-refractivity contribution >= 4 is 0 Å². The molecule has 1 aromatic carbocycles. The van der Waals surface area contributed by atoms with E-state index in [1.54, 1.807) is 0 Å². The molecule has 0 saturated carbocycles. The van der Waals surface area contributed by atoms with Crippen molar-refractivity contribution in [2.75, 3.05) is 20.7 Å². The predicted octanol–water partition coefficient (Wildman–Crippen LogP) is 1.84. The van der Waals surface area contributed by atoms with Crippen molar-refractivity contribution in [2.24, 2.45) is 0 Å². The van der Waals surface area contributed by atoms with Crippen molar-refractivity contribution in [3.8, 4) is 0 Å². The molecule has 2 nitrogen and oxygen atoms in total. The molecule has 0 radical (unpaired) electrons. The summed E-state index contributed by atoms with van der Waals surface area (Å²) >= 11 is 0. The topological polar surface area (TPSA) is 23.5 Å². The summed E-state index contributed by atoms with van der Waals surface area (Å²) in [6, 6.07) is 8.56. The van der Waals surface area contributed by atoms with Gasteiger partial charge in [-0.15, -0.1) is 0 Å². The number of rotatable bonds is 4. The van der Waals surface area contributed by atoms with Crippen molar-refractivity contribution in [3.05, 3.63) is 35.4 Å². The lowest BCUT2D eigenvalue weighted by molar-refractivity contribution is 0.171. The van der Waals surface area contributed by atoms with E-state index in [9.17, 15) is 5.11 Å². The van der Waals surface area contributed by atoms with Crippen molar-refractivity contribution < 1.29 is 5.11 Å². The number of hydrogen-bond acceptors (Lipinski definition) is 2. The van der Waals surface area contributed by atoms with Crippen molar-refractivity contribution in [2.45, 2.75) is 19.4 Å². The maximum absolute atomic E-state index is 9.23. The van der Waals surface area contributed by atoms with E-state index in [0.29, 0.717) is 0 Å². The number of aliphatic hydroxyl groups excluding tert-OH is 1. The number of benzene rings is 1. The number of nitrogens with zero attached hydrogens (tertiary/aromatic N) is 1. The summed E-state index contributed by atoms with van der Waals surface area (Å²) in [4.78, 5) is 2.03. The first-order chi connectivity index (χ1) is 6.69. The molecule has 0 aliphatic heterocycles. The molecule has 0 unspecified atom stereocenters. The smallest absolute Gasteiger partial charge is 0.0628 e. The van der Waals surface area contributed by atoms with E-state index in [1.165, 1.54) is 11.1 Å². The molecule has 78 valence electrons. The van der Waals surface area contributed by atoms with E-state index in [1.807, 2.05) is 19.0 Å². The molecule has 1 aromatic rings. The molecular weight excluding hydrogens is 174 g/mol. The minimum atomic E-state index is 0.112. The standard InChI is InChI=1S/C12H19NO/c1-4-10-5-7-11(8-6-10)12(9-14)13(2)3/h5-8,12,14H,4,9H2,1-3H3/t12-/m0/s1. The first-order valence-electron chi connectivity index (χ1n) is 5.05. The van der Waals surface area contributed by atoms with E-state index in [-0.39, 0.29) is 12.6 Å². The summed E-state index contributed by atoms with van der Waals surface area (Å²) in [7, 11) is 3.96. The Labute approximate surface area is 86.2 Å². The third kappa shape index (κ3) is 2.56. The Balaban J connectivity index is 2.84. The summed E-state index contributed by atoms with van der Waals surface area (Å²) in [6.07, 6.45) is 1.06. The van der Waals surface area contributed by atoms with E-state index in [2.05, 4.69) is 31.2 Å². The maximum Gasteiger partial charge on any atom is 0.0628 e. The van der Waals surface area contributed by atoms with Crippen LogP contribution in [0.2, 0.25) is 0 Å². The lowest BCUT2D eigenvalue weighted by atomic mass is 10.0. The molecule has 0 aliphatic carbocycles. The van der Waals surface area contributed by atoms with E-state index < -0.39 is 0 Å². The highest BCUT2D eigenvalue weighted by Gasteiger charge is 2.11. The molecule has 2 heteroatoms. The third-order valence-corrected chi connectivity index (χ3v) is 2.57. The first-order valence-corrected chi connectivity index (χ1v) is 5.05. The Morgan fingerprint density at radius 3 is 2.14 bits per heavy atom. The molecule has 0 bridgehead atoms. The highest BCUT2D eigenvalue weighted by atomic mass is 16.3. The fraction of sp³-hybridized carbons (Fsp3) is 0.500. The largest absolute Gasteiger partial charge is 0.394 e. The average molecular weight is 193 g/mol. The molecule has 0 aromatic heterocycles. The molecule has 0 spiro atoms. The van der Waals surface area contributed by atoms with Gasteiger partial charge >= 0.3 is 0 Å². The van der Waals surface area contributed by atoms with E-state index >= 15 is 0 Å². The second-order valence-corrected chi connectivity index (χ2v) is 3.76. The van der Waals surface area contributed by atoms with Gasteiger partial charge < -0.3 is 10.0 Å². The van der Waals surface area contributed by atoms with Gasteiger partial charge in [-0.1, -0.05) is 31.2 Å². The molecule has 0 heterocycles. The average Bonchev–Trinajstić information content (AvgIpc) is 2.19. The van der Waals surface area contributed by atoms with Crippen LogP contribution in [0.25, 0.3) is 0 Å². The molecule has 0 fully saturated rings. The molecule has 1 rings (SSSR count). The maximum atomic E-state index is 9.23. The van der Waals surface area contributed by atoms with Crippen LogP contribution in [0.5, 0.6) is 0 Å². The second-order valence-electron chi connectivity index (χ2n) is 3.76. The van der Waals surface area contributed by atoms with Crippen LogP contribution in [0.3, 0.4) is 0 Å². The Hall–Kier alpha value is -0.860. The molecule has 1 N–H and O–H groups in total. The van der Waals surface area contributed by atoms with Gasteiger partial charge in [0.2, 0.25) is 0 Å². The third-order valence-electron chi connectivity index (χ3n) is 2.57. The highest BCUT2D eigenvalue weighted by Crippen LogP contribution is 2.17. The van der Waals surface area contributed by atoms with Gasteiger partial charge in [-0.25, -0.2) is 0 Å². The summed E-state index contributed by atoms with van der Waals surface area (Å²) < 4.78 is 0. The minimum absolute atomic E-state index is 0.112. The van der Waals surface area contributed by atoms with Gasteiger partial charge in [-0.3, -0.25) is 0 Å². The number of hydrogen-bond donors (Lipinski definition) is 1. The lowest BCUT2D eigenvalue weighted by Crippen LogP contribution is -2.22. The van der Waals surface area contributed by atoms with Gasteiger partial charge in [-0.2, -0.15) is 0 Å². The van der Waals surface area contributed by atoms with Crippen LogP contribution in [-0.2, 0) is 6.42 Å². The summed E-state index contributed by atoms with van der Waals surface area (Å²) in [5.41, 5.74) is 2.51. The Kier molecular flexibility index (Phi) is 4.11. The Bertz CT molecular complexity index is 266. The predicted molar refractivity (Wildman–Crippen MR) is 59.3 cm³/mol. The van der Waals surface area contributed by atoms with Crippen LogP contribution in [0.1, 0.15) is 24.1 Å². The van der Waals surface area contributed by atoms with Gasteiger partial charge in [0.15, 0.2) is 0 Å². The van der Waals surface area contributed by atoms with Crippen molar-refractivity contribution in [3.63, 3.8) is 0 Å². The van der Waals surface area contributed by atoms with E-state index in [0.717, 1.165) is 6.42 Å². The molecule has 14 heavy (non-hydrogen) atoms. The van der Waals surface area contributed by atoms with Crippen LogP contribution in [0.15, 0.2) is 24.3 Å². The molecular formula is C12H19NO. The minimum Gasteiger partial charge on any atom is -0.394 e. The van der Waals surface area contributed by atoms with Crippen LogP contribution >= 0.6 is 0 Å². The van der Waals surface area contributed by atoms with Gasteiger partial charge in [0.1, 0.15) is 0 Å². The zero-order valence-electron chi connectivity index (χ0n) is 9.20. The fourth-order valence-electron chi connectivity index (χ4n) is 1.54. The zero-order valence-corrected chi connectivity index (χ0v) is 9.20. The number of likely N-dealkylation sites (N-methyl/N-ethyl adjacent to an activating group) is 1. The molecule has 0 saturated heterocycles. The van der Waals surface area contributed by atoms with Crippen molar-refractivity contribution in [1.82, 2.24) is 4.90 Å².